The van der Waals surface area contributed by atoms with E-state index in [2.05, 4.69) is 31.0 Å². The van der Waals surface area contributed by atoms with E-state index in [1.165, 1.54) is 22.7 Å². The minimum absolute atomic E-state index is 0.111. The SMILES string of the molecule is Cc1cccc(CC(=O)Nc2nnc([C@H]3CCC[C@H](c4nnc(NC(=O)[C@H](O)c5ccccc5)s4)C3)s2)c1. The molecule has 1 aliphatic carbocycles. The molecule has 1 saturated carbocycles. The summed E-state index contributed by atoms with van der Waals surface area (Å²) in [5, 5.41) is 35.6. The van der Waals surface area contributed by atoms with E-state index in [1.807, 2.05) is 37.3 Å². The summed E-state index contributed by atoms with van der Waals surface area (Å²) in [7, 11) is 0. The molecular weight excluding hydrogens is 520 g/mol. The van der Waals surface area contributed by atoms with Gasteiger partial charge in [0.2, 0.25) is 16.2 Å². The van der Waals surface area contributed by atoms with E-state index >= 15 is 0 Å². The molecule has 2 aromatic carbocycles. The van der Waals surface area contributed by atoms with Crippen molar-refractivity contribution in [2.24, 2.45) is 0 Å². The Kier molecular flexibility index (Phi) is 8.16. The van der Waals surface area contributed by atoms with Gasteiger partial charge < -0.3 is 10.4 Å². The first-order chi connectivity index (χ1) is 18.4. The maximum atomic E-state index is 12.5. The van der Waals surface area contributed by atoms with Crippen molar-refractivity contribution < 1.29 is 14.7 Å². The second-order valence-corrected chi connectivity index (χ2v) is 11.5. The van der Waals surface area contributed by atoms with E-state index in [-0.39, 0.29) is 17.7 Å². The average Bonchev–Trinajstić information content (AvgIpc) is 3.59. The summed E-state index contributed by atoms with van der Waals surface area (Å²) in [5.74, 6) is -0.235. The minimum atomic E-state index is -1.27. The lowest BCUT2D eigenvalue weighted by molar-refractivity contribution is -0.124. The number of aliphatic hydroxyl groups is 1. The van der Waals surface area contributed by atoms with E-state index in [0.717, 1.165) is 46.8 Å². The molecule has 4 aromatic rings. The number of carbonyl (C=O) groups excluding carboxylic acids is 2. The van der Waals surface area contributed by atoms with Crippen LogP contribution in [0.15, 0.2) is 54.6 Å². The first-order valence-corrected chi connectivity index (χ1v) is 14.1. The van der Waals surface area contributed by atoms with Gasteiger partial charge in [0.05, 0.1) is 6.42 Å². The summed E-state index contributed by atoms with van der Waals surface area (Å²) in [6.07, 6.45) is 2.85. The van der Waals surface area contributed by atoms with Crippen LogP contribution in [0.25, 0.3) is 0 Å². The van der Waals surface area contributed by atoms with Crippen LogP contribution in [0.3, 0.4) is 0 Å². The Morgan fingerprint density at radius 3 is 2.24 bits per heavy atom. The van der Waals surface area contributed by atoms with Gasteiger partial charge in [-0.15, -0.1) is 20.4 Å². The van der Waals surface area contributed by atoms with Crippen LogP contribution in [-0.2, 0) is 16.0 Å². The number of amides is 2. The minimum Gasteiger partial charge on any atom is -0.378 e. The fourth-order valence-electron chi connectivity index (χ4n) is 4.67. The molecule has 0 aliphatic heterocycles. The topological polar surface area (TPSA) is 130 Å². The number of hydrogen-bond acceptors (Lipinski definition) is 9. The number of nitrogens with zero attached hydrogens (tertiary/aromatic N) is 4. The number of aliphatic hydroxyl groups excluding tert-OH is 1. The quantitative estimate of drug-likeness (QED) is 0.283. The van der Waals surface area contributed by atoms with Gasteiger partial charge in [-0.25, -0.2) is 0 Å². The Hall–Kier alpha value is -3.54. The lowest BCUT2D eigenvalue weighted by Gasteiger charge is -2.25. The monoisotopic (exact) mass is 548 g/mol. The number of aromatic nitrogens is 4. The molecule has 5 rings (SSSR count). The predicted molar refractivity (Wildman–Crippen MR) is 147 cm³/mol. The number of rotatable bonds is 8. The van der Waals surface area contributed by atoms with Crippen molar-refractivity contribution in [3.63, 3.8) is 0 Å². The van der Waals surface area contributed by atoms with E-state index < -0.39 is 12.0 Å². The zero-order chi connectivity index (χ0) is 26.5. The smallest absolute Gasteiger partial charge is 0.259 e. The molecule has 9 nitrogen and oxygen atoms in total. The van der Waals surface area contributed by atoms with Crippen LogP contribution >= 0.6 is 22.7 Å². The van der Waals surface area contributed by atoms with Crippen LogP contribution in [0.2, 0.25) is 0 Å². The molecule has 2 heterocycles. The van der Waals surface area contributed by atoms with Crippen LogP contribution in [-0.4, -0.2) is 37.3 Å². The zero-order valence-electron chi connectivity index (χ0n) is 20.8. The maximum Gasteiger partial charge on any atom is 0.259 e. The van der Waals surface area contributed by atoms with Gasteiger partial charge in [-0.2, -0.15) is 0 Å². The number of aryl methyl sites for hydroxylation is 1. The molecule has 0 radical (unpaired) electrons. The van der Waals surface area contributed by atoms with Gasteiger partial charge in [0.25, 0.3) is 5.91 Å². The second-order valence-electron chi connectivity index (χ2n) is 9.47. The molecule has 196 valence electrons. The molecule has 3 N–H and O–H groups in total. The first-order valence-electron chi connectivity index (χ1n) is 12.5. The van der Waals surface area contributed by atoms with Gasteiger partial charge in [0.15, 0.2) is 6.10 Å². The highest BCUT2D eigenvalue weighted by Crippen LogP contribution is 2.43. The number of carbonyl (C=O) groups is 2. The lowest BCUT2D eigenvalue weighted by Crippen LogP contribution is -2.20. The normalized spacial score (nSPS) is 18.1. The predicted octanol–water partition coefficient (Wildman–Crippen LogP) is 4.99. The third kappa shape index (κ3) is 6.47. The van der Waals surface area contributed by atoms with E-state index in [1.54, 1.807) is 24.3 Å². The van der Waals surface area contributed by atoms with Crippen LogP contribution in [0.5, 0.6) is 0 Å². The van der Waals surface area contributed by atoms with Gasteiger partial charge in [0.1, 0.15) is 10.0 Å². The van der Waals surface area contributed by atoms with Crippen molar-refractivity contribution >= 4 is 44.8 Å². The number of nitrogens with one attached hydrogen (secondary N) is 2. The summed E-state index contributed by atoms with van der Waals surface area (Å²) in [4.78, 5) is 25.0. The third-order valence-corrected chi connectivity index (χ3v) is 8.54. The standard InChI is InChI=1S/C27H28N6O3S2/c1-16-7-5-8-17(13-16)14-21(34)28-26-32-30-24(37-26)19-11-6-12-20(15-19)25-31-33-27(38-25)29-23(36)22(35)18-9-3-2-4-10-18/h2-5,7-10,13,19-20,22,35H,6,11-12,14-15H2,1H3,(H,28,32,34)(H,29,33,36)/t19-,20-,22+/m0/s1. The summed E-state index contributed by atoms with van der Waals surface area (Å²) in [5.41, 5.74) is 2.60. The highest BCUT2D eigenvalue weighted by molar-refractivity contribution is 7.15. The molecule has 0 spiro atoms. The van der Waals surface area contributed by atoms with Crippen molar-refractivity contribution in [1.82, 2.24) is 20.4 Å². The number of anilines is 2. The summed E-state index contributed by atoms with van der Waals surface area (Å²) >= 11 is 2.76. The highest BCUT2D eigenvalue weighted by Gasteiger charge is 2.30. The van der Waals surface area contributed by atoms with Gasteiger partial charge in [-0.05, 0) is 37.3 Å². The molecule has 1 aliphatic rings. The molecule has 11 heteroatoms. The Morgan fingerprint density at radius 2 is 1.58 bits per heavy atom. The molecule has 3 atom stereocenters. The van der Waals surface area contributed by atoms with E-state index in [0.29, 0.717) is 22.2 Å². The number of benzene rings is 2. The molecule has 2 aromatic heterocycles. The Labute approximate surface area is 228 Å². The van der Waals surface area contributed by atoms with Crippen LogP contribution in [0.1, 0.15) is 70.3 Å². The third-order valence-electron chi connectivity index (χ3n) is 6.54. The van der Waals surface area contributed by atoms with Crippen molar-refractivity contribution in [2.75, 3.05) is 10.6 Å². The van der Waals surface area contributed by atoms with Crippen molar-refractivity contribution in [2.45, 2.75) is 57.0 Å². The lowest BCUT2D eigenvalue weighted by atomic mass is 9.82. The van der Waals surface area contributed by atoms with Crippen LogP contribution in [0.4, 0.5) is 10.3 Å². The van der Waals surface area contributed by atoms with Gasteiger partial charge in [0, 0.05) is 11.8 Å². The molecule has 0 bridgehead atoms. The Morgan fingerprint density at radius 1 is 0.921 bits per heavy atom. The molecular formula is C27H28N6O3S2. The molecule has 38 heavy (non-hydrogen) atoms. The fraction of sp³-hybridized carbons (Fsp3) is 0.333. The first kappa shape index (κ1) is 26.1. The second kappa shape index (κ2) is 11.9. The Balaban J connectivity index is 1.17. The molecule has 2 amide bonds. The van der Waals surface area contributed by atoms with Crippen LogP contribution < -0.4 is 10.6 Å². The van der Waals surface area contributed by atoms with Crippen LogP contribution in [0, 0.1) is 6.92 Å². The molecule has 0 saturated heterocycles. The Bertz CT molecular complexity index is 1410. The van der Waals surface area contributed by atoms with Crippen molar-refractivity contribution in [3.8, 4) is 0 Å². The highest BCUT2D eigenvalue weighted by atomic mass is 32.1. The summed E-state index contributed by atoms with van der Waals surface area (Å²) in [6, 6.07) is 16.7. The van der Waals surface area contributed by atoms with Gasteiger partial charge in [-0.3, -0.25) is 14.9 Å². The molecule has 1 fully saturated rings. The van der Waals surface area contributed by atoms with E-state index in [4.69, 9.17) is 0 Å². The van der Waals surface area contributed by atoms with E-state index in [9.17, 15) is 14.7 Å². The van der Waals surface area contributed by atoms with Crippen molar-refractivity contribution in [3.05, 3.63) is 81.3 Å². The zero-order valence-corrected chi connectivity index (χ0v) is 22.5. The summed E-state index contributed by atoms with van der Waals surface area (Å²) in [6.45, 7) is 2.00. The average molecular weight is 549 g/mol. The summed E-state index contributed by atoms with van der Waals surface area (Å²) < 4.78 is 0. The maximum absolute atomic E-state index is 12.5. The van der Waals surface area contributed by atoms with Crippen molar-refractivity contribution in [1.29, 1.82) is 0 Å². The largest absolute Gasteiger partial charge is 0.378 e. The number of hydrogen-bond donors (Lipinski definition) is 3. The van der Waals surface area contributed by atoms with Gasteiger partial charge >= 0.3 is 0 Å². The molecule has 0 unspecified atom stereocenters. The van der Waals surface area contributed by atoms with Gasteiger partial charge in [-0.1, -0.05) is 89.3 Å². The fourth-order valence-corrected chi connectivity index (χ4v) is 6.47.